The van der Waals surface area contributed by atoms with Crippen molar-refractivity contribution in [2.24, 2.45) is 0 Å². The van der Waals surface area contributed by atoms with Crippen molar-refractivity contribution >= 4 is 28.3 Å². The minimum Gasteiger partial charge on any atom is -0.341 e. The summed E-state index contributed by atoms with van der Waals surface area (Å²) >= 11 is 1.19. The van der Waals surface area contributed by atoms with Gasteiger partial charge in [-0.05, 0) is 42.0 Å². The van der Waals surface area contributed by atoms with Crippen molar-refractivity contribution in [1.29, 1.82) is 0 Å². The topological polar surface area (TPSA) is 58.1 Å². The van der Waals surface area contributed by atoms with Crippen LogP contribution in [0.25, 0.3) is 0 Å². The Morgan fingerprint density at radius 3 is 2.35 bits per heavy atom. The molecule has 1 N–H and O–H groups in total. The van der Waals surface area contributed by atoms with Crippen molar-refractivity contribution < 1.29 is 13.6 Å². The number of hydrogen-bond donors (Lipinski definition) is 1. The van der Waals surface area contributed by atoms with Crippen molar-refractivity contribution in [1.82, 2.24) is 9.36 Å². The van der Waals surface area contributed by atoms with Crippen LogP contribution in [0.15, 0.2) is 48.5 Å². The summed E-state index contributed by atoms with van der Waals surface area (Å²) in [6, 6.07) is 11.7. The zero-order valence-corrected chi connectivity index (χ0v) is 14.8. The van der Waals surface area contributed by atoms with Gasteiger partial charge in [-0.3, -0.25) is 4.79 Å². The van der Waals surface area contributed by atoms with Gasteiger partial charge < -0.3 is 10.2 Å². The second kappa shape index (κ2) is 8.01. The summed E-state index contributed by atoms with van der Waals surface area (Å²) in [5.41, 5.74) is 1.44. The second-order valence-electron chi connectivity index (χ2n) is 5.71. The van der Waals surface area contributed by atoms with E-state index in [2.05, 4.69) is 14.7 Å². The smallest absolute Gasteiger partial charge is 0.243 e. The molecule has 0 radical (unpaired) electrons. The van der Waals surface area contributed by atoms with E-state index in [1.54, 1.807) is 24.1 Å². The molecule has 2 aromatic carbocycles. The molecule has 0 atom stereocenters. The van der Waals surface area contributed by atoms with E-state index in [4.69, 9.17) is 0 Å². The first-order valence-corrected chi connectivity index (χ1v) is 8.60. The van der Waals surface area contributed by atoms with Gasteiger partial charge in [0.15, 0.2) is 0 Å². The van der Waals surface area contributed by atoms with Crippen molar-refractivity contribution in [3.8, 4) is 0 Å². The number of nitrogens with one attached hydrogen (secondary N) is 1. The van der Waals surface area contributed by atoms with Crippen LogP contribution in [-0.4, -0.2) is 28.9 Å². The van der Waals surface area contributed by atoms with Gasteiger partial charge in [0.1, 0.15) is 17.5 Å². The highest BCUT2D eigenvalue weighted by molar-refractivity contribution is 7.09. The number of nitrogens with zero attached hydrogens (tertiary/aromatic N) is 3. The van der Waals surface area contributed by atoms with Gasteiger partial charge in [-0.25, -0.2) is 13.8 Å². The van der Waals surface area contributed by atoms with E-state index >= 15 is 0 Å². The van der Waals surface area contributed by atoms with Gasteiger partial charge in [0, 0.05) is 30.7 Å². The lowest BCUT2D eigenvalue weighted by Crippen LogP contribution is -2.30. The van der Waals surface area contributed by atoms with Crippen LogP contribution < -0.4 is 10.2 Å². The van der Waals surface area contributed by atoms with Crippen LogP contribution in [0.3, 0.4) is 0 Å². The minimum atomic E-state index is -0.359. The molecule has 0 aliphatic rings. The molecule has 3 rings (SSSR count). The first kappa shape index (κ1) is 17.9. The first-order chi connectivity index (χ1) is 12.5. The molecule has 0 saturated carbocycles. The third kappa shape index (κ3) is 4.82. The average Bonchev–Trinajstić information content (AvgIpc) is 3.08. The number of carbonyl (C=O) groups is 1. The maximum absolute atomic E-state index is 12.9. The third-order valence-electron chi connectivity index (χ3n) is 3.57. The molecule has 0 aliphatic carbocycles. The lowest BCUT2D eigenvalue weighted by Gasteiger charge is -2.14. The van der Waals surface area contributed by atoms with Crippen molar-refractivity contribution in [3.63, 3.8) is 0 Å². The fourth-order valence-corrected chi connectivity index (χ4v) is 2.92. The van der Waals surface area contributed by atoms with Crippen LogP contribution in [0.4, 0.5) is 19.6 Å². The van der Waals surface area contributed by atoms with Gasteiger partial charge in [-0.1, -0.05) is 12.1 Å². The molecule has 8 heteroatoms. The maximum atomic E-state index is 12.9. The molecule has 0 bridgehead atoms. The van der Waals surface area contributed by atoms with E-state index < -0.39 is 0 Å². The summed E-state index contributed by atoms with van der Waals surface area (Å²) in [6.45, 7) is 0.0859. The highest BCUT2D eigenvalue weighted by Crippen LogP contribution is 2.18. The van der Waals surface area contributed by atoms with Crippen molar-refractivity contribution in [2.75, 3.05) is 23.8 Å². The molecule has 1 heterocycles. The molecular formula is C18H16F2N4OS. The summed E-state index contributed by atoms with van der Waals surface area (Å²) in [7, 11) is 1.74. The second-order valence-corrected chi connectivity index (χ2v) is 6.44. The fourth-order valence-electron chi connectivity index (χ4n) is 2.27. The maximum Gasteiger partial charge on any atom is 0.243 e. The van der Waals surface area contributed by atoms with Gasteiger partial charge in [0.05, 0.1) is 6.54 Å². The molecule has 0 fully saturated rings. The van der Waals surface area contributed by atoms with Crippen LogP contribution in [-0.2, 0) is 11.2 Å². The third-order valence-corrected chi connectivity index (χ3v) is 4.44. The van der Waals surface area contributed by atoms with Crippen LogP contribution in [0, 0.1) is 11.6 Å². The van der Waals surface area contributed by atoms with Gasteiger partial charge in [-0.2, -0.15) is 4.37 Å². The molecule has 134 valence electrons. The van der Waals surface area contributed by atoms with E-state index in [-0.39, 0.29) is 24.1 Å². The molecule has 0 saturated heterocycles. The minimum absolute atomic E-state index is 0.0859. The van der Waals surface area contributed by atoms with Crippen molar-refractivity contribution in [3.05, 3.63) is 71.6 Å². The molecule has 0 spiro atoms. The number of rotatable bonds is 6. The number of anilines is 2. The summed E-state index contributed by atoms with van der Waals surface area (Å²) < 4.78 is 30.1. The first-order valence-electron chi connectivity index (χ1n) is 7.83. The van der Waals surface area contributed by atoms with E-state index in [1.165, 1.54) is 47.9 Å². The number of carbonyl (C=O) groups excluding carboxylic acids is 1. The molecule has 1 aromatic heterocycles. The van der Waals surface area contributed by atoms with Gasteiger partial charge in [0.2, 0.25) is 11.0 Å². The highest BCUT2D eigenvalue weighted by atomic mass is 32.1. The summed E-state index contributed by atoms with van der Waals surface area (Å²) in [5.74, 6) is -0.271. The lowest BCUT2D eigenvalue weighted by molar-refractivity contribution is -0.114. The zero-order chi connectivity index (χ0) is 18.5. The standard InChI is InChI=1S/C18H16F2N4OS/c1-24(11-17(25)21-15-8-6-14(20)7-9-15)18-22-16(23-26-18)10-12-2-4-13(19)5-3-12/h2-9H,10-11H2,1H3,(H,21,25). The predicted octanol–water partition coefficient (Wildman–Crippen LogP) is 3.48. The normalized spacial score (nSPS) is 10.6. The Bertz CT molecular complexity index is 881. The summed E-state index contributed by atoms with van der Waals surface area (Å²) in [4.78, 5) is 18.2. The monoisotopic (exact) mass is 374 g/mol. The van der Waals surface area contributed by atoms with Gasteiger partial charge in [-0.15, -0.1) is 0 Å². The van der Waals surface area contributed by atoms with E-state index in [1.807, 2.05) is 0 Å². The fraction of sp³-hybridized carbons (Fsp3) is 0.167. The molecule has 0 unspecified atom stereocenters. The summed E-state index contributed by atoms with van der Waals surface area (Å²) in [5, 5.41) is 3.30. The van der Waals surface area contributed by atoms with Crippen LogP contribution in [0.5, 0.6) is 0 Å². The number of amides is 1. The number of benzene rings is 2. The van der Waals surface area contributed by atoms with Crippen LogP contribution in [0.1, 0.15) is 11.4 Å². The zero-order valence-electron chi connectivity index (χ0n) is 13.9. The Balaban J connectivity index is 1.57. The van der Waals surface area contributed by atoms with E-state index in [9.17, 15) is 13.6 Å². The highest BCUT2D eigenvalue weighted by Gasteiger charge is 2.13. The quantitative estimate of drug-likeness (QED) is 0.718. The predicted molar refractivity (Wildman–Crippen MR) is 97.4 cm³/mol. The largest absolute Gasteiger partial charge is 0.341 e. The van der Waals surface area contributed by atoms with E-state index in [0.717, 1.165) is 5.56 Å². The lowest BCUT2D eigenvalue weighted by atomic mass is 10.1. The van der Waals surface area contributed by atoms with Crippen molar-refractivity contribution in [2.45, 2.75) is 6.42 Å². The van der Waals surface area contributed by atoms with Crippen LogP contribution in [0.2, 0.25) is 0 Å². The molecular weight excluding hydrogens is 358 g/mol. The van der Waals surface area contributed by atoms with Gasteiger partial charge in [0.25, 0.3) is 0 Å². The van der Waals surface area contributed by atoms with Gasteiger partial charge >= 0.3 is 0 Å². The Kier molecular flexibility index (Phi) is 5.52. The molecule has 26 heavy (non-hydrogen) atoms. The number of aromatic nitrogens is 2. The molecule has 1 amide bonds. The average molecular weight is 374 g/mol. The number of likely N-dealkylation sites (N-methyl/N-ethyl adjacent to an activating group) is 1. The molecule has 3 aromatic rings. The SMILES string of the molecule is CN(CC(=O)Nc1ccc(F)cc1)c1nc(Cc2ccc(F)cc2)ns1. The Hall–Kier alpha value is -2.87. The Labute approximate surface area is 153 Å². The molecule has 5 nitrogen and oxygen atoms in total. The number of hydrogen-bond acceptors (Lipinski definition) is 5. The number of halogens is 2. The Morgan fingerprint density at radius 1 is 1.08 bits per heavy atom. The molecule has 0 aliphatic heterocycles. The van der Waals surface area contributed by atoms with E-state index in [0.29, 0.717) is 23.1 Å². The van der Waals surface area contributed by atoms with Crippen LogP contribution >= 0.6 is 11.5 Å². The summed E-state index contributed by atoms with van der Waals surface area (Å²) in [6.07, 6.45) is 0.492. The Morgan fingerprint density at radius 2 is 1.69 bits per heavy atom.